The third-order valence-electron chi connectivity index (χ3n) is 4.42. The van der Waals surface area contributed by atoms with Crippen molar-refractivity contribution in [1.82, 2.24) is 29.8 Å². The van der Waals surface area contributed by atoms with E-state index in [4.69, 9.17) is 0 Å². The van der Waals surface area contributed by atoms with Crippen molar-refractivity contribution in [2.75, 3.05) is 53.9 Å². The summed E-state index contributed by atoms with van der Waals surface area (Å²) in [5.74, 6) is 0.217. The summed E-state index contributed by atoms with van der Waals surface area (Å²) < 4.78 is 1.70. The van der Waals surface area contributed by atoms with Crippen molar-refractivity contribution in [1.29, 1.82) is 0 Å². The number of halogens is 2. The quantitative estimate of drug-likeness (QED) is 0.724. The van der Waals surface area contributed by atoms with Gasteiger partial charge < -0.3 is 15.1 Å². The van der Waals surface area contributed by atoms with E-state index in [1.165, 1.54) is 0 Å². The molecule has 0 spiro atoms. The van der Waals surface area contributed by atoms with Gasteiger partial charge in [-0.05, 0) is 7.05 Å². The number of carbonyl (C=O) groups is 2. The zero-order valence-corrected chi connectivity index (χ0v) is 17.5. The second kappa shape index (κ2) is 11.4. The van der Waals surface area contributed by atoms with Crippen LogP contribution in [0.3, 0.4) is 0 Å². The molecule has 150 valence electrons. The number of aryl methyl sites for hydroxylation is 1. The van der Waals surface area contributed by atoms with Crippen molar-refractivity contribution in [2.45, 2.75) is 12.5 Å². The lowest BCUT2D eigenvalue weighted by atomic mass is 10.1. The molecule has 0 saturated carbocycles. The molecule has 1 aliphatic rings. The van der Waals surface area contributed by atoms with Crippen LogP contribution in [0, 0.1) is 0 Å². The van der Waals surface area contributed by atoms with E-state index in [0.717, 1.165) is 25.2 Å². The van der Waals surface area contributed by atoms with Crippen LogP contribution in [0.15, 0.2) is 12.4 Å². The SMILES string of the molecule is CNC(C(=O)N1CCN(CCC(=O)N(C)C)CC1)c1cnn(C)c1.Cl.Cl. The molecule has 1 atom stereocenters. The number of hydrogen-bond acceptors (Lipinski definition) is 5. The number of piperazine rings is 1. The zero-order valence-electron chi connectivity index (χ0n) is 15.8. The highest BCUT2D eigenvalue weighted by atomic mass is 35.5. The maximum atomic E-state index is 12.7. The van der Waals surface area contributed by atoms with Gasteiger partial charge in [0.15, 0.2) is 0 Å². The second-order valence-electron chi connectivity index (χ2n) is 6.37. The highest BCUT2D eigenvalue weighted by molar-refractivity contribution is 5.85. The van der Waals surface area contributed by atoms with Gasteiger partial charge in [-0.3, -0.25) is 19.2 Å². The van der Waals surface area contributed by atoms with Gasteiger partial charge in [-0.15, -0.1) is 24.8 Å². The lowest BCUT2D eigenvalue weighted by Crippen LogP contribution is -2.51. The van der Waals surface area contributed by atoms with E-state index in [-0.39, 0.29) is 42.7 Å². The van der Waals surface area contributed by atoms with Crippen LogP contribution in [-0.2, 0) is 16.6 Å². The molecule has 1 aromatic heterocycles. The summed E-state index contributed by atoms with van der Waals surface area (Å²) >= 11 is 0. The second-order valence-corrected chi connectivity index (χ2v) is 6.37. The number of likely N-dealkylation sites (N-methyl/N-ethyl adjacent to an activating group) is 1. The molecular weight excluding hydrogens is 379 g/mol. The van der Waals surface area contributed by atoms with Gasteiger partial charge >= 0.3 is 0 Å². The summed E-state index contributed by atoms with van der Waals surface area (Å²) in [4.78, 5) is 30.2. The molecule has 1 unspecified atom stereocenters. The van der Waals surface area contributed by atoms with E-state index in [1.807, 2.05) is 18.1 Å². The fourth-order valence-electron chi connectivity index (χ4n) is 2.87. The Morgan fingerprint density at radius 3 is 2.31 bits per heavy atom. The zero-order chi connectivity index (χ0) is 17.7. The highest BCUT2D eigenvalue weighted by Gasteiger charge is 2.28. The summed E-state index contributed by atoms with van der Waals surface area (Å²) in [7, 11) is 7.18. The maximum absolute atomic E-state index is 12.7. The Balaban J connectivity index is 0.00000312. The average Bonchev–Trinajstić information content (AvgIpc) is 2.99. The Morgan fingerprint density at radius 1 is 1.23 bits per heavy atom. The van der Waals surface area contributed by atoms with E-state index in [0.29, 0.717) is 19.5 Å². The molecule has 1 N–H and O–H groups in total. The van der Waals surface area contributed by atoms with Crippen LogP contribution in [0.5, 0.6) is 0 Å². The molecule has 2 heterocycles. The van der Waals surface area contributed by atoms with Gasteiger partial charge in [0.2, 0.25) is 11.8 Å². The van der Waals surface area contributed by atoms with Crippen LogP contribution in [-0.4, -0.2) is 90.2 Å². The third kappa shape index (κ3) is 6.42. The lowest BCUT2D eigenvalue weighted by molar-refractivity contribution is -0.136. The van der Waals surface area contributed by atoms with Gasteiger partial charge in [-0.1, -0.05) is 0 Å². The molecule has 1 saturated heterocycles. The first kappa shape index (κ1) is 24.7. The molecule has 0 aromatic carbocycles. The van der Waals surface area contributed by atoms with Crippen molar-refractivity contribution >= 4 is 36.6 Å². The molecule has 8 nitrogen and oxygen atoms in total. The molecule has 26 heavy (non-hydrogen) atoms. The van der Waals surface area contributed by atoms with Gasteiger partial charge in [0.25, 0.3) is 0 Å². The number of aromatic nitrogens is 2. The topological polar surface area (TPSA) is 73.7 Å². The van der Waals surface area contributed by atoms with Gasteiger partial charge in [-0.25, -0.2) is 0 Å². The molecule has 10 heteroatoms. The van der Waals surface area contributed by atoms with Crippen molar-refractivity contribution in [3.05, 3.63) is 18.0 Å². The summed E-state index contributed by atoms with van der Waals surface area (Å²) in [5.41, 5.74) is 0.879. The minimum atomic E-state index is -0.361. The monoisotopic (exact) mass is 408 g/mol. The van der Waals surface area contributed by atoms with Crippen LogP contribution in [0.4, 0.5) is 0 Å². The van der Waals surface area contributed by atoms with Gasteiger partial charge in [0, 0.05) is 72.0 Å². The summed E-state index contributed by atoms with van der Waals surface area (Å²) in [5, 5.41) is 7.23. The number of amides is 2. The molecule has 1 aromatic rings. The smallest absolute Gasteiger partial charge is 0.244 e. The largest absolute Gasteiger partial charge is 0.349 e. The predicted molar refractivity (Wildman–Crippen MR) is 106 cm³/mol. The summed E-state index contributed by atoms with van der Waals surface area (Å²) in [6.45, 7) is 3.73. The first-order valence-electron chi connectivity index (χ1n) is 8.29. The Morgan fingerprint density at radius 2 is 1.85 bits per heavy atom. The van der Waals surface area contributed by atoms with E-state index in [9.17, 15) is 9.59 Å². The van der Waals surface area contributed by atoms with Crippen LogP contribution in [0.1, 0.15) is 18.0 Å². The average molecular weight is 409 g/mol. The molecule has 0 bridgehead atoms. The first-order chi connectivity index (χ1) is 11.4. The van der Waals surface area contributed by atoms with Crippen molar-refractivity contribution in [3.8, 4) is 0 Å². The van der Waals surface area contributed by atoms with Crippen LogP contribution < -0.4 is 5.32 Å². The number of carbonyl (C=O) groups excluding carboxylic acids is 2. The molecule has 2 amide bonds. The Kier molecular flexibility index (Phi) is 10.8. The Bertz CT molecular complexity index is 573. The number of rotatable bonds is 6. The Labute approximate surface area is 167 Å². The Hall–Kier alpha value is -1.35. The standard InChI is InChI=1S/C16H28N6O2.2ClH/c1-17-15(13-11-18-20(4)12-13)16(24)22-9-7-21(8-10-22)6-5-14(23)19(2)3;;/h11-12,15,17H,5-10H2,1-4H3;2*1H. The normalized spacial score (nSPS) is 15.6. The molecule has 1 fully saturated rings. The van der Waals surface area contributed by atoms with E-state index < -0.39 is 0 Å². The van der Waals surface area contributed by atoms with E-state index in [1.54, 1.807) is 36.9 Å². The van der Waals surface area contributed by atoms with Gasteiger partial charge in [-0.2, -0.15) is 5.10 Å². The first-order valence-corrected chi connectivity index (χ1v) is 8.29. The van der Waals surface area contributed by atoms with E-state index >= 15 is 0 Å². The molecular formula is C16H30Cl2N6O2. The lowest BCUT2D eigenvalue weighted by Gasteiger charge is -2.36. The molecule has 0 radical (unpaired) electrons. The molecule has 1 aliphatic heterocycles. The minimum absolute atomic E-state index is 0. The van der Waals surface area contributed by atoms with Gasteiger partial charge in [0.1, 0.15) is 6.04 Å². The number of hydrogen-bond donors (Lipinski definition) is 1. The van der Waals surface area contributed by atoms with E-state index in [2.05, 4.69) is 15.3 Å². The van der Waals surface area contributed by atoms with Crippen LogP contribution in [0.25, 0.3) is 0 Å². The van der Waals surface area contributed by atoms with Crippen LogP contribution >= 0.6 is 24.8 Å². The molecule has 2 rings (SSSR count). The number of nitrogens with one attached hydrogen (secondary N) is 1. The van der Waals surface area contributed by atoms with Crippen molar-refractivity contribution < 1.29 is 9.59 Å². The minimum Gasteiger partial charge on any atom is -0.349 e. The highest BCUT2D eigenvalue weighted by Crippen LogP contribution is 2.16. The fraction of sp³-hybridized carbons (Fsp3) is 0.688. The van der Waals surface area contributed by atoms with Gasteiger partial charge in [0.05, 0.1) is 6.20 Å². The van der Waals surface area contributed by atoms with Crippen LogP contribution in [0.2, 0.25) is 0 Å². The molecule has 0 aliphatic carbocycles. The third-order valence-corrected chi connectivity index (χ3v) is 4.42. The predicted octanol–water partition coefficient (Wildman–Crippen LogP) is 0.147. The summed E-state index contributed by atoms with van der Waals surface area (Å²) in [6.07, 6.45) is 4.11. The fourth-order valence-corrected chi connectivity index (χ4v) is 2.87. The van der Waals surface area contributed by atoms with Crippen molar-refractivity contribution in [3.63, 3.8) is 0 Å². The summed E-state index contributed by atoms with van der Waals surface area (Å²) in [6, 6.07) is -0.361. The van der Waals surface area contributed by atoms with Crippen molar-refractivity contribution in [2.24, 2.45) is 7.05 Å². The number of nitrogens with zero attached hydrogens (tertiary/aromatic N) is 5. The maximum Gasteiger partial charge on any atom is 0.244 e.